The molecule has 9 nitrogen and oxygen atoms in total. The van der Waals surface area contributed by atoms with Crippen LogP contribution in [-0.4, -0.2) is 47.6 Å². The van der Waals surface area contributed by atoms with Gasteiger partial charge in [-0.25, -0.2) is 9.78 Å². The molecule has 2 aromatic carbocycles. The quantitative estimate of drug-likeness (QED) is 0.254. The van der Waals surface area contributed by atoms with Crippen molar-refractivity contribution in [2.75, 3.05) is 26.2 Å². The van der Waals surface area contributed by atoms with Crippen molar-refractivity contribution >= 4 is 29.2 Å². The number of rotatable bonds is 7. The Kier molecular flexibility index (Phi) is 7.68. The summed E-state index contributed by atoms with van der Waals surface area (Å²) in [5, 5.41) is 4.96. The first-order valence-corrected chi connectivity index (χ1v) is 12.3. The second-order valence-corrected chi connectivity index (χ2v) is 10.0. The van der Waals surface area contributed by atoms with Gasteiger partial charge in [-0.05, 0) is 63.1 Å². The summed E-state index contributed by atoms with van der Waals surface area (Å²) in [5.41, 5.74) is 2.90. The van der Waals surface area contributed by atoms with Gasteiger partial charge in [-0.2, -0.15) is 9.61 Å². The maximum absolute atomic E-state index is 13.5. The number of nitrogens with zero attached hydrogens (tertiary/aromatic N) is 4. The first kappa shape index (κ1) is 27.1. The molecule has 4 aromatic rings. The number of aromatic nitrogens is 3. The Hall–Kier alpha value is -3.98. The molecular formula is C28H31ClN4O5. The zero-order chi connectivity index (χ0) is 27.6. The summed E-state index contributed by atoms with van der Waals surface area (Å²) in [6.07, 6.45) is -0.544. The van der Waals surface area contributed by atoms with Crippen LogP contribution in [0.2, 0.25) is 5.15 Å². The van der Waals surface area contributed by atoms with Crippen LogP contribution < -0.4 is 19.1 Å². The molecule has 0 N–H and O–H groups in total. The lowest BCUT2D eigenvalue weighted by Crippen LogP contribution is -2.37. The highest BCUT2D eigenvalue weighted by atomic mass is 35.5. The summed E-state index contributed by atoms with van der Waals surface area (Å²) in [7, 11) is 4.77. The van der Waals surface area contributed by atoms with Crippen molar-refractivity contribution in [2.24, 2.45) is 0 Å². The summed E-state index contributed by atoms with van der Waals surface area (Å²) in [6, 6.07) is 14.6. The van der Waals surface area contributed by atoms with Gasteiger partial charge >= 0.3 is 6.09 Å². The van der Waals surface area contributed by atoms with Crippen molar-refractivity contribution < 1.29 is 23.7 Å². The molecule has 0 aliphatic rings. The Balaban J connectivity index is 1.88. The van der Waals surface area contributed by atoms with E-state index in [1.54, 1.807) is 31.9 Å². The van der Waals surface area contributed by atoms with E-state index in [0.717, 1.165) is 16.7 Å². The van der Waals surface area contributed by atoms with Crippen molar-refractivity contribution in [1.82, 2.24) is 14.6 Å². The summed E-state index contributed by atoms with van der Waals surface area (Å²) < 4.78 is 23.5. The Bertz CT molecular complexity index is 1460. The van der Waals surface area contributed by atoms with E-state index < -0.39 is 11.7 Å². The molecule has 0 unspecified atom stereocenters. The highest BCUT2D eigenvalue weighted by molar-refractivity contribution is 6.30. The zero-order valence-corrected chi connectivity index (χ0v) is 23.3. The van der Waals surface area contributed by atoms with E-state index >= 15 is 0 Å². The van der Waals surface area contributed by atoms with Gasteiger partial charge in [0.15, 0.2) is 17.1 Å². The van der Waals surface area contributed by atoms with E-state index in [2.05, 4.69) is 4.98 Å². The minimum Gasteiger partial charge on any atom is -0.497 e. The number of carbonyl (C=O) groups is 1. The molecule has 0 saturated heterocycles. The van der Waals surface area contributed by atoms with Gasteiger partial charge in [0, 0.05) is 11.6 Å². The van der Waals surface area contributed by atoms with Crippen LogP contribution in [0.3, 0.4) is 0 Å². The number of ether oxygens (including phenoxy) is 4. The SMILES string of the molecule is COc1ccc(CN(C(=O)OC(C)(C)C)c2cc(Cl)nc3c(-c4ccc(OC)c(OC)c4)c(C)nn23)cc1. The first-order valence-electron chi connectivity index (χ1n) is 12.0. The fourth-order valence-corrected chi connectivity index (χ4v) is 4.25. The van der Waals surface area contributed by atoms with Gasteiger partial charge in [0.2, 0.25) is 0 Å². The number of halogens is 1. The number of amides is 1. The zero-order valence-electron chi connectivity index (χ0n) is 22.5. The lowest BCUT2D eigenvalue weighted by Gasteiger charge is -2.27. The molecular weight excluding hydrogens is 508 g/mol. The fraction of sp³-hybridized carbons (Fsp3) is 0.321. The number of aryl methyl sites for hydroxylation is 1. The molecule has 0 aliphatic carbocycles. The molecule has 0 atom stereocenters. The number of benzene rings is 2. The fourth-order valence-electron chi connectivity index (χ4n) is 4.07. The van der Waals surface area contributed by atoms with Crippen LogP contribution in [0.5, 0.6) is 17.2 Å². The number of fused-ring (bicyclic) bond motifs is 1. The first-order chi connectivity index (χ1) is 18.0. The van der Waals surface area contributed by atoms with Gasteiger partial charge < -0.3 is 18.9 Å². The molecule has 0 radical (unpaired) electrons. The third-order valence-corrected chi connectivity index (χ3v) is 5.97. The van der Waals surface area contributed by atoms with E-state index in [-0.39, 0.29) is 11.7 Å². The molecule has 0 spiro atoms. The molecule has 4 rings (SSSR count). The second kappa shape index (κ2) is 10.8. The lowest BCUT2D eigenvalue weighted by molar-refractivity contribution is 0.0575. The topological polar surface area (TPSA) is 87.4 Å². The van der Waals surface area contributed by atoms with Crippen LogP contribution in [0, 0.1) is 6.92 Å². The van der Waals surface area contributed by atoms with Crippen molar-refractivity contribution in [3.8, 4) is 28.4 Å². The van der Waals surface area contributed by atoms with Gasteiger partial charge in [-0.1, -0.05) is 29.8 Å². The van der Waals surface area contributed by atoms with Gasteiger partial charge in [0.1, 0.15) is 22.3 Å². The smallest absolute Gasteiger partial charge is 0.416 e. The van der Waals surface area contributed by atoms with E-state index in [9.17, 15) is 4.79 Å². The van der Waals surface area contributed by atoms with Crippen LogP contribution in [0.15, 0.2) is 48.5 Å². The van der Waals surface area contributed by atoms with Gasteiger partial charge in [0.25, 0.3) is 0 Å². The molecule has 2 aromatic heterocycles. The summed E-state index contributed by atoms with van der Waals surface area (Å²) in [5.74, 6) is 2.31. The molecule has 10 heteroatoms. The van der Waals surface area contributed by atoms with Crippen molar-refractivity contribution in [1.29, 1.82) is 0 Å². The molecule has 0 bridgehead atoms. The van der Waals surface area contributed by atoms with E-state index in [1.807, 2.05) is 70.2 Å². The molecule has 0 fully saturated rings. The van der Waals surface area contributed by atoms with Crippen LogP contribution in [0.4, 0.5) is 10.6 Å². The molecule has 200 valence electrons. The number of hydrogen-bond acceptors (Lipinski definition) is 7. The van der Waals surface area contributed by atoms with E-state index in [1.165, 1.54) is 4.90 Å². The maximum atomic E-state index is 13.5. The molecule has 0 saturated carbocycles. The molecule has 1 amide bonds. The third kappa shape index (κ3) is 5.62. The Morgan fingerprint density at radius 1 is 0.974 bits per heavy atom. The van der Waals surface area contributed by atoms with Gasteiger partial charge in [-0.15, -0.1) is 0 Å². The molecule has 2 heterocycles. The lowest BCUT2D eigenvalue weighted by atomic mass is 10.1. The summed E-state index contributed by atoms with van der Waals surface area (Å²) >= 11 is 6.53. The minimum absolute atomic E-state index is 0.206. The number of methoxy groups -OCH3 is 3. The maximum Gasteiger partial charge on any atom is 0.416 e. The summed E-state index contributed by atoms with van der Waals surface area (Å²) in [6.45, 7) is 7.54. The third-order valence-electron chi connectivity index (χ3n) is 5.78. The van der Waals surface area contributed by atoms with Crippen molar-refractivity contribution in [3.63, 3.8) is 0 Å². The van der Waals surface area contributed by atoms with Crippen LogP contribution in [-0.2, 0) is 11.3 Å². The highest BCUT2D eigenvalue weighted by Crippen LogP contribution is 2.37. The van der Waals surface area contributed by atoms with Crippen LogP contribution in [0.1, 0.15) is 32.0 Å². The van der Waals surface area contributed by atoms with Crippen LogP contribution >= 0.6 is 11.6 Å². The van der Waals surface area contributed by atoms with E-state index in [4.69, 9.17) is 35.6 Å². The Morgan fingerprint density at radius 3 is 2.26 bits per heavy atom. The highest BCUT2D eigenvalue weighted by Gasteiger charge is 2.28. The molecule has 0 aliphatic heterocycles. The number of carbonyl (C=O) groups excluding carboxylic acids is 1. The number of hydrogen-bond donors (Lipinski definition) is 0. The van der Waals surface area contributed by atoms with Crippen molar-refractivity contribution in [2.45, 2.75) is 39.8 Å². The van der Waals surface area contributed by atoms with Gasteiger partial charge in [-0.3, -0.25) is 4.90 Å². The minimum atomic E-state index is -0.712. The largest absolute Gasteiger partial charge is 0.497 e. The van der Waals surface area contributed by atoms with Crippen LogP contribution in [0.25, 0.3) is 16.8 Å². The van der Waals surface area contributed by atoms with Gasteiger partial charge in [0.05, 0.1) is 33.6 Å². The number of anilines is 1. The van der Waals surface area contributed by atoms with Crippen molar-refractivity contribution in [3.05, 3.63) is 64.9 Å². The average Bonchev–Trinajstić information content (AvgIpc) is 3.21. The molecule has 38 heavy (non-hydrogen) atoms. The monoisotopic (exact) mass is 538 g/mol. The summed E-state index contributed by atoms with van der Waals surface area (Å²) in [4.78, 5) is 19.6. The normalized spacial score (nSPS) is 11.4. The predicted octanol–water partition coefficient (Wildman–Crippen LogP) is 6.33. The predicted molar refractivity (Wildman–Crippen MR) is 147 cm³/mol. The van der Waals surface area contributed by atoms with E-state index in [0.29, 0.717) is 34.4 Å². The standard InChI is InChI=1S/C28H31ClN4O5/c1-17-25(19-10-13-21(36-6)22(14-19)37-7)26-30-23(29)15-24(33(26)31-17)32(27(34)38-28(2,3)4)16-18-8-11-20(35-5)12-9-18/h8-15H,16H2,1-7H3. The Labute approximate surface area is 226 Å². The second-order valence-electron chi connectivity index (χ2n) is 9.62. The average molecular weight is 539 g/mol. The Morgan fingerprint density at radius 2 is 1.66 bits per heavy atom.